The quantitative estimate of drug-likeness (QED) is 0.130. The lowest BCUT2D eigenvalue weighted by molar-refractivity contribution is -0.140. The third-order valence-corrected chi connectivity index (χ3v) is 6.39. The second-order valence-corrected chi connectivity index (χ2v) is 9.38. The van der Waals surface area contributed by atoms with E-state index in [1.54, 1.807) is 0 Å². The summed E-state index contributed by atoms with van der Waals surface area (Å²) < 4.78 is 72.4. The van der Waals surface area contributed by atoms with Crippen molar-refractivity contribution < 1.29 is 35.9 Å². The number of hydrogen-bond donors (Lipinski definition) is 5. The summed E-state index contributed by atoms with van der Waals surface area (Å²) >= 11 is 0. The molecule has 0 fully saturated rings. The molecule has 0 aliphatic heterocycles. The largest absolute Gasteiger partial charge is 0.417 e. The van der Waals surface area contributed by atoms with Crippen LogP contribution in [0.15, 0.2) is 47.4 Å². The van der Waals surface area contributed by atoms with Gasteiger partial charge in [0.1, 0.15) is 12.3 Å². The van der Waals surface area contributed by atoms with Gasteiger partial charge in [0.15, 0.2) is 0 Å². The van der Waals surface area contributed by atoms with Crippen LogP contribution in [0.1, 0.15) is 36.1 Å². The van der Waals surface area contributed by atoms with Gasteiger partial charge in [0.2, 0.25) is 21.8 Å². The van der Waals surface area contributed by atoms with E-state index in [2.05, 4.69) is 10.6 Å². The minimum Gasteiger partial charge on any atom is -0.384 e. The molecule has 0 saturated heterocycles. The molecule has 0 aliphatic rings. The fourth-order valence-electron chi connectivity index (χ4n) is 3.09. The Morgan fingerprint density at radius 2 is 1.75 bits per heavy atom. The first-order valence-electron chi connectivity index (χ1n) is 10.5. The average Bonchev–Trinajstić information content (AvgIpc) is 2.78. The maximum atomic E-state index is 13.6. The van der Waals surface area contributed by atoms with E-state index in [1.165, 1.54) is 38.3 Å². The lowest BCUT2D eigenvalue weighted by Crippen LogP contribution is -2.31. The van der Waals surface area contributed by atoms with Gasteiger partial charge in [-0.2, -0.15) is 13.2 Å². The van der Waals surface area contributed by atoms with Crippen molar-refractivity contribution in [3.8, 4) is 0 Å². The van der Waals surface area contributed by atoms with Gasteiger partial charge in [0.05, 0.1) is 23.1 Å². The Morgan fingerprint density at radius 3 is 2.31 bits per heavy atom. The Morgan fingerprint density at radius 1 is 1.11 bits per heavy atom. The number of nitrogens with two attached hydrogens (primary N) is 1. The van der Waals surface area contributed by atoms with Gasteiger partial charge in [-0.3, -0.25) is 15.0 Å². The van der Waals surface area contributed by atoms with Crippen LogP contribution >= 0.6 is 0 Å². The summed E-state index contributed by atoms with van der Waals surface area (Å²) in [6.07, 6.45) is -5.59. The Kier molecular flexibility index (Phi) is 9.55. The van der Waals surface area contributed by atoms with Gasteiger partial charge in [-0.1, -0.05) is 6.07 Å². The van der Waals surface area contributed by atoms with E-state index in [0.717, 1.165) is 12.1 Å². The minimum absolute atomic E-state index is 0.00764. The highest BCUT2D eigenvalue weighted by molar-refractivity contribution is 7.89. The molecule has 2 aromatic carbocycles. The smallest absolute Gasteiger partial charge is 0.384 e. The maximum Gasteiger partial charge on any atom is 0.417 e. The molecule has 6 N–H and O–H groups in total. The fourth-order valence-corrected chi connectivity index (χ4v) is 4.31. The van der Waals surface area contributed by atoms with Crippen molar-refractivity contribution in [1.82, 2.24) is 10.0 Å². The summed E-state index contributed by atoms with van der Waals surface area (Å²) in [7, 11) is -3.16. The standard InChI is InChI=1S/C22H26F3N5O5S/c1-13(29-19(31)12-20(32)30-16-6-3-14(4-7-16)21(26)27)15-5-8-18(17(11-15)22(23,24)25)36(33,34)28-9-10-35-2/h3-8,11,13,28H,9-10,12H2,1-2H3,(H3,26,27)(H,29,31)(H,30,32)/t13-/m0/s1. The van der Waals surface area contributed by atoms with Crippen molar-refractivity contribution in [2.24, 2.45) is 5.73 Å². The average molecular weight is 530 g/mol. The number of rotatable bonds is 11. The van der Waals surface area contributed by atoms with Crippen LogP contribution in [-0.2, 0) is 30.5 Å². The second-order valence-electron chi connectivity index (χ2n) is 7.65. The van der Waals surface area contributed by atoms with E-state index in [-0.39, 0.29) is 24.6 Å². The number of amides is 2. The lowest BCUT2D eigenvalue weighted by atomic mass is 10.0. The molecule has 2 rings (SSSR count). The van der Waals surface area contributed by atoms with Crippen molar-refractivity contribution in [2.75, 3.05) is 25.6 Å². The van der Waals surface area contributed by atoms with E-state index in [9.17, 15) is 31.2 Å². The molecule has 0 saturated carbocycles. The normalized spacial score (nSPS) is 12.6. The second kappa shape index (κ2) is 12.0. The van der Waals surface area contributed by atoms with Gasteiger partial charge in [0, 0.05) is 24.9 Å². The summed E-state index contributed by atoms with van der Waals surface area (Å²) in [5.41, 5.74) is 4.76. The molecule has 0 spiro atoms. The van der Waals surface area contributed by atoms with Crippen molar-refractivity contribution >= 4 is 33.4 Å². The van der Waals surface area contributed by atoms with Gasteiger partial charge in [-0.05, 0) is 48.9 Å². The Bertz CT molecular complexity index is 1220. The number of nitrogens with one attached hydrogen (secondary N) is 4. The zero-order valence-electron chi connectivity index (χ0n) is 19.4. The third kappa shape index (κ3) is 8.03. The summed E-state index contributed by atoms with van der Waals surface area (Å²) in [5, 5.41) is 12.2. The molecule has 10 nitrogen and oxygen atoms in total. The van der Waals surface area contributed by atoms with Gasteiger partial charge >= 0.3 is 6.18 Å². The van der Waals surface area contributed by atoms with E-state index in [1.807, 2.05) is 4.72 Å². The Balaban J connectivity index is 2.10. The summed E-state index contributed by atoms with van der Waals surface area (Å²) in [4.78, 5) is 23.5. The predicted molar refractivity (Wildman–Crippen MR) is 126 cm³/mol. The monoisotopic (exact) mass is 529 g/mol. The summed E-state index contributed by atoms with van der Waals surface area (Å²) in [6, 6.07) is 7.66. The highest BCUT2D eigenvalue weighted by Gasteiger charge is 2.37. The van der Waals surface area contributed by atoms with Gasteiger partial charge < -0.3 is 21.1 Å². The van der Waals surface area contributed by atoms with Crippen LogP contribution < -0.4 is 21.1 Å². The van der Waals surface area contributed by atoms with E-state index < -0.39 is 50.9 Å². The first kappa shape index (κ1) is 28.7. The molecule has 36 heavy (non-hydrogen) atoms. The summed E-state index contributed by atoms with van der Waals surface area (Å²) in [5.74, 6) is -1.58. The maximum absolute atomic E-state index is 13.6. The van der Waals surface area contributed by atoms with Crippen LogP contribution in [0, 0.1) is 5.41 Å². The zero-order valence-corrected chi connectivity index (χ0v) is 20.2. The number of amidine groups is 1. The van der Waals surface area contributed by atoms with E-state index in [0.29, 0.717) is 17.3 Å². The van der Waals surface area contributed by atoms with Crippen LogP contribution in [0.2, 0.25) is 0 Å². The van der Waals surface area contributed by atoms with Crippen molar-refractivity contribution in [3.63, 3.8) is 0 Å². The molecule has 2 amide bonds. The lowest BCUT2D eigenvalue weighted by Gasteiger charge is -2.19. The van der Waals surface area contributed by atoms with Gasteiger partial charge in [-0.15, -0.1) is 0 Å². The molecule has 0 aromatic heterocycles. The van der Waals surface area contributed by atoms with E-state index in [4.69, 9.17) is 15.9 Å². The van der Waals surface area contributed by atoms with Crippen molar-refractivity contribution in [3.05, 3.63) is 59.2 Å². The molecule has 0 unspecified atom stereocenters. The topological polar surface area (TPSA) is 163 Å². The van der Waals surface area contributed by atoms with Crippen LogP contribution in [0.3, 0.4) is 0 Å². The molecule has 0 bridgehead atoms. The molecule has 0 radical (unpaired) electrons. The number of anilines is 1. The van der Waals surface area contributed by atoms with Crippen LogP contribution in [0.25, 0.3) is 0 Å². The number of alkyl halides is 3. The molecule has 0 aliphatic carbocycles. The number of methoxy groups -OCH3 is 1. The fraction of sp³-hybridized carbons (Fsp3) is 0.318. The molecule has 2 aromatic rings. The highest BCUT2D eigenvalue weighted by atomic mass is 32.2. The number of carbonyl (C=O) groups excluding carboxylic acids is 2. The van der Waals surface area contributed by atoms with Crippen molar-refractivity contribution in [1.29, 1.82) is 5.41 Å². The number of nitrogen functional groups attached to an aromatic ring is 1. The molecular formula is C22H26F3N5O5S. The molecular weight excluding hydrogens is 503 g/mol. The van der Waals surface area contributed by atoms with Gasteiger partial charge in [0.25, 0.3) is 0 Å². The van der Waals surface area contributed by atoms with Crippen LogP contribution in [-0.4, -0.2) is 46.3 Å². The molecule has 0 heterocycles. The minimum atomic E-state index is -4.98. The third-order valence-electron chi connectivity index (χ3n) is 4.88. The van der Waals surface area contributed by atoms with Crippen LogP contribution in [0.5, 0.6) is 0 Å². The molecule has 196 valence electrons. The predicted octanol–water partition coefficient (Wildman–Crippen LogP) is 2.12. The Labute approximate surface area is 206 Å². The number of hydrogen-bond acceptors (Lipinski definition) is 6. The van der Waals surface area contributed by atoms with Gasteiger partial charge in [-0.25, -0.2) is 13.1 Å². The SMILES string of the molecule is COCCNS(=O)(=O)c1ccc([C@H](C)NC(=O)CC(=O)Nc2ccc(C(=N)N)cc2)cc1C(F)(F)F. The van der Waals surface area contributed by atoms with E-state index >= 15 is 0 Å². The molecule has 14 heteroatoms. The first-order valence-corrected chi connectivity index (χ1v) is 12.0. The van der Waals surface area contributed by atoms with Crippen LogP contribution in [0.4, 0.5) is 18.9 Å². The first-order chi connectivity index (χ1) is 16.7. The Hall–Kier alpha value is -3.49. The number of halogens is 3. The highest BCUT2D eigenvalue weighted by Crippen LogP contribution is 2.35. The number of carbonyl (C=O) groups is 2. The summed E-state index contributed by atoms with van der Waals surface area (Å²) in [6.45, 7) is 1.16. The number of sulfonamides is 1. The molecule has 1 atom stereocenters. The number of ether oxygens (including phenoxy) is 1. The zero-order chi connectivity index (χ0) is 27.1. The van der Waals surface area contributed by atoms with Crippen molar-refractivity contribution in [2.45, 2.75) is 30.5 Å². The number of benzene rings is 2.